The zero-order valence-electron chi connectivity index (χ0n) is 20.7. The normalized spacial score (nSPS) is 25.3. The minimum absolute atomic E-state index is 0.0252. The van der Waals surface area contributed by atoms with E-state index < -0.39 is 11.6 Å². The second-order valence-electron chi connectivity index (χ2n) is 10.5. The van der Waals surface area contributed by atoms with Crippen molar-refractivity contribution in [2.45, 2.75) is 102 Å². The highest BCUT2D eigenvalue weighted by Crippen LogP contribution is 2.44. The van der Waals surface area contributed by atoms with Gasteiger partial charge in [-0.3, -0.25) is 0 Å². The molecule has 2 aromatic carbocycles. The van der Waals surface area contributed by atoms with Crippen LogP contribution >= 0.6 is 0 Å². The van der Waals surface area contributed by atoms with Crippen molar-refractivity contribution < 1.29 is 17.9 Å². The molecular weight excluding hydrogens is 433 g/mol. The lowest BCUT2D eigenvalue weighted by atomic mass is 9.74. The number of rotatable bonds is 8. The Morgan fingerprint density at radius 3 is 1.82 bits per heavy atom. The Morgan fingerprint density at radius 1 is 0.735 bits per heavy atom. The van der Waals surface area contributed by atoms with Crippen LogP contribution in [0.15, 0.2) is 30.3 Å². The third-order valence-corrected chi connectivity index (χ3v) is 8.46. The number of hydrogen-bond acceptors (Lipinski definition) is 1. The first kappa shape index (κ1) is 25.1. The molecule has 0 radical (unpaired) electrons. The van der Waals surface area contributed by atoms with Crippen molar-refractivity contribution in [3.05, 3.63) is 64.5 Å². The summed E-state index contributed by atoms with van der Waals surface area (Å²) < 4.78 is 49.5. The molecule has 2 aliphatic rings. The number of methoxy groups -OCH3 is 1. The van der Waals surface area contributed by atoms with E-state index in [9.17, 15) is 4.39 Å². The molecule has 0 aliphatic heterocycles. The van der Waals surface area contributed by atoms with E-state index >= 15 is 8.78 Å². The maximum atomic E-state index is 15.2. The average molecular weight is 473 g/mol. The number of halogens is 3. The fourth-order valence-corrected chi connectivity index (χ4v) is 6.33. The summed E-state index contributed by atoms with van der Waals surface area (Å²) in [6.07, 6.45) is 12.6. The first-order chi connectivity index (χ1) is 16.5. The summed E-state index contributed by atoms with van der Waals surface area (Å²) in [6.45, 7) is 2.23. The van der Waals surface area contributed by atoms with E-state index in [0.29, 0.717) is 11.1 Å². The van der Waals surface area contributed by atoms with Gasteiger partial charge in [0.2, 0.25) is 0 Å². The summed E-state index contributed by atoms with van der Waals surface area (Å²) in [5.41, 5.74) is 2.06. The summed E-state index contributed by atoms with van der Waals surface area (Å²) in [6, 6.07) is 8.85. The summed E-state index contributed by atoms with van der Waals surface area (Å²) in [4.78, 5) is 0. The van der Waals surface area contributed by atoms with Crippen molar-refractivity contribution in [2.24, 2.45) is 5.92 Å². The number of benzene rings is 2. The highest BCUT2D eigenvalue weighted by Gasteiger charge is 2.30. The minimum Gasteiger partial charge on any atom is -0.494 e. The van der Waals surface area contributed by atoms with Crippen molar-refractivity contribution in [3.63, 3.8) is 0 Å². The van der Waals surface area contributed by atoms with Crippen LogP contribution in [-0.2, 0) is 0 Å². The molecule has 0 N–H and O–H groups in total. The topological polar surface area (TPSA) is 9.23 Å². The van der Waals surface area contributed by atoms with E-state index in [1.54, 1.807) is 12.1 Å². The molecule has 4 rings (SSSR count). The molecule has 1 nitrogen and oxygen atoms in total. The molecule has 0 unspecified atom stereocenters. The molecule has 0 atom stereocenters. The van der Waals surface area contributed by atoms with Gasteiger partial charge in [-0.15, -0.1) is 0 Å². The molecule has 2 saturated carbocycles. The van der Waals surface area contributed by atoms with Crippen LogP contribution in [-0.4, -0.2) is 7.11 Å². The second-order valence-corrected chi connectivity index (χ2v) is 10.5. The van der Waals surface area contributed by atoms with Gasteiger partial charge >= 0.3 is 0 Å². The SMILES string of the molecule is CCCCCC1CCC(c2ccc(C3CCC(c4ccc(OC)c(F)c4)CC3)c(F)c2F)CC1. The molecule has 0 saturated heterocycles. The van der Waals surface area contributed by atoms with Crippen molar-refractivity contribution in [2.75, 3.05) is 7.11 Å². The van der Waals surface area contributed by atoms with Crippen LogP contribution in [0, 0.1) is 23.4 Å². The van der Waals surface area contributed by atoms with Crippen LogP contribution in [0.2, 0.25) is 0 Å². The highest BCUT2D eigenvalue weighted by atomic mass is 19.2. The molecule has 0 spiro atoms. The highest BCUT2D eigenvalue weighted by molar-refractivity contribution is 5.34. The smallest absolute Gasteiger partial charge is 0.165 e. The summed E-state index contributed by atoms with van der Waals surface area (Å²) in [7, 11) is 1.46. The van der Waals surface area contributed by atoms with Gasteiger partial charge in [-0.2, -0.15) is 0 Å². The van der Waals surface area contributed by atoms with Gasteiger partial charge in [-0.25, -0.2) is 13.2 Å². The van der Waals surface area contributed by atoms with Crippen molar-refractivity contribution in [3.8, 4) is 5.75 Å². The predicted molar refractivity (Wildman–Crippen MR) is 132 cm³/mol. The summed E-state index contributed by atoms with van der Waals surface area (Å²) >= 11 is 0. The molecule has 0 amide bonds. The van der Waals surface area contributed by atoms with Crippen LogP contribution in [0.4, 0.5) is 13.2 Å². The molecule has 2 fully saturated rings. The predicted octanol–water partition coefficient (Wildman–Crippen LogP) is 9.41. The zero-order valence-corrected chi connectivity index (χ0v) is 20.7. The molecule has 2 aliphatic carbocycles. The first-order valence-corrected chi connectivity index (χ1v) is 13.3. The summed E-state index contributed by atoms with van der Waals surface area (Å²) in [5.74, 6) is -0.182. The van der Waals surface area contributed by atoms with Crippen LogP contribution in [0.25, 0.3) is 0 Å². The minimum atomic E-state index is -0.637. The lowest BCUT2D eigenvalue weighted by molar-refractivity contribution is 0.297. The van der Waals surface area contributed by atoms with Gasteiger partial charge in [-0.1, -0.05) is 50.8 Å². The lowest BCUT2D eigenvalue weighted by Gasteiger charge is -2.31. The van der Waals surface area contributed by atoms with Crippen LogP contribution < -0.4 is 4.74 Å². The number of hydrogen-bond donors (Lipinski definition) is 0. The Morgan fingerprint density at radius 2 is 1.29 bits per heavy atom. The lowest BCUT2D eigenvalue weighted by Crippen LogP contribution is -2.17. The first-order valence-electron chi connectivity index (χ1n) is 13.3. The largest absolute Gasteiger partial charge is 0.494 e. The van der Waals surface area contributed by atoms with Gasteiger partial charge in [0.25, 0.3) is 0 Å². The van der Waals surface area contributed by atoms with Gasteiger partial charge in [0, 0.05) is 0 Å². The molecule has 4 heteroatoms. The van der Waals surface area contributed by atoms with Gasteiger partial charge in [0.15, 0.2) is 23.2 Å². The van der Waals surface area contributed by atoms with Crippen LogP contribution in [0.1, 0.15) is 118 Å². The molecule has 0 bridgehead atoms. The Balaban J connectivity index is 1.36. The van der Waals surface area contributed by atoms with E-state index in [0.717, 1.165) is 62.8 Å². The molecule has 0 heterocycles. The standard InChI is InChI=1S/C30H39F3O/c1-3-4-5-6-20-7-9-22(10-8-20)25-16-17-26(30(33)29(25)32)23-13-11-21(12-14-23)24-15-18-28(34-2)27(31)19-24/h15-23H,3-14H2,1-2H3. The molecule has 186 valence electrons. The third kappa shape index (κ3) is 5.63. The maximum Gasteiger partial charge on any atom is 0.165 e. The molecular formula is C30H39F3O. The fourth-order valence-electron chi connectivity index (χ4n) is 6.33. The van der Waals surface area contributed by atoms with Gasteiger partial charge < -0.3 is 4.74 Å². The zero-order chi connectivity index (χ0) is 24.1. The number of ether oxygens (including phenoxy) is 1. The van der Waals surface area contributed by atoms with Gasteiger partial charge in [0.05, 0.1) is 7.11 Å². The van der Waals surface area contributed by atoms with E-state index in [1.165, 1.54) is 32.8 Å². The Hall–Kier alpha value is -1.97. The van der Waals surface area contributed by atoms with Gasteiger partial charge in [0.1, 0.15) is 0 Å². The maximum absolute atomic E-state index is 15.2. The fraction of sp³-hybridized carbons (Fsp3) is 0.600. The number of unbranched alkanes of at least 4 members (excludes halogenated alkanes) is 2. The van der Waals surface area contributed by atoms with Crippen molar-refractivity contribution >= 4 is 0 Å². The van der Waals surface area contributed by atoms with Crippen molar-refractivity contribution in [1.29, 1.82) is 0 Å². The summed E-state index contributed by atoms with van der Waals surface area (Å²) in [5, 5.41) is 0. The quantitative estimate of drug-likeness (QED) is 0.348. The molecule has 2 aromatic rings. The van der Waals surface area contributed by atoms with E-state index in [1.807, 2.05) is 18.2 Å². The monoisotopic (exact) mass is 472 g/mol. The van der Waals surface area contributed by atoms with E-state index in [-0.39, 0.29) is 29.3 Å². The average Bonchev–Trinajstić information content (AvgIpc) is 2.86. The van der Waals surface area contributed by atoms with E-state index in [2.05, 4.69) is 6.92 Å². The second kappa shape index (κ2) is 11.6. The van der Waals surface area contributed by atoms with Crippen molar-refractivity contribution in [1.82, 2.24) is 0 Å². The molecule has 34 heavy (non-hydrogen) atoms. The Kier molecular flexibility index (Phi) is 8.60. The Labute approximate surface area is 203 Å². The Bertz CT molecular complexity index is 940. The van der Waals surface area contributed by atoms with E-state index in [4.69, 9.17) is 4.74 Å². The van der Waals surface area contributed by atoms with Gasteiger partial charge in [-0.05, 0) is 104 Å². The third-order valence-electron chi connectivity index (χ3n) is 8.46. The molecule has 0 aromatic heterocycles. The van der Waals surface area contributed by atoms with Crippen LogP contribution in [0.3, 0.4) is 0 Å². The van der Waals surface area contributed by atoms with Crippen LogP contribution in [0.5, 0.6) is 5.75 Å².